The Hall–Kier alpha value is -3.46. The van der Waals surface area contributed by atoms with Gasteiger partial charge in [0.1, 0.15) is 12.1 Å². The number of imidazole rings is 1. The molecule has 4 aromatic rings. The first-order valence-corrected chi connectivity index (χ1v) is 7.08. The van der Waals surface area contributed by atoms with Crippen LogP contribution in [0.1, 0.15) is 5.56 Å². The van der Waals surface area contributed by atoms with Gasteiger partial charge in [-0.25, -0.2) is 15.0 Å². The quantitative estimate of drug-likeness (QED) is 0.615. The van der Waals surface area contributed by atoms with Crippen molar-refractivity contribution in [3.8, 4) is 6.07 Å². The average molecular weight is 300 g/mol. The van der Waals surface area contributed by atoms with E-state index >= 15 is 0 Å². The molecule has 0 amide bonds. The molecule has 0 radical (unpaired) electrons. The van der Waals surface area contributed by atoms with Gasteiger partial charge < -0.3 is 9.88 Å². The van der Waals surface area contributed by atoms with Gasteiger partial charge in [-0.2, -0.15) is 5.26 Å². The molecule has 0 saturated heterocycles. The highest BCUT2D eigenvalue weighted by Crippen LogP contribution is 2.29. The topological polar surface area (TPSA) is 81.5 Å². The summed E-state index contributed by atoms with van der Waals surface area (Å²) in [5.74, 6) is 0.756. The molecule has 0 unspecified atom stereocenters. The molecule has 4 rings (SSSR count). The monoisotopic (exact) mass is 300 g/mol. The molecule has 0 aliphatic rings. The molecule has 0 saturated carbocycles. The number of nitrogens with one attached hydrogen (secondary N) is 1. The fourth-order valence-electron chi connectivity index (χ4n) is 2.63. The molecule has 0 spiro atoms. The van der Waals surface area contributed by atoms with E-state index in [1.54, 1.807) is 12.4 Å². The van der Waals surface area contributed by atoms with Crippen LogP contribution in [0.25, 0.3) is 21.9 Å². The number of nitrogens with zero attached hydrogens (tertiary/aromatic N) is 5. The molecule has 2 aromatic heterocycles. The summed E-state index contributed by atoms with van der Waals surface area (Å²) >= 11 is 0. The summed E-state index contributed by atoms with van der Waals surface area (Å²) in [6, 6.07) is 13.5. The summed E-state index contributed by atoms with van der Waals surface area (Å²) in [5.41, 5.74) is 4.26. The van der Waals surface area contributed by atoms with E-state index in [9.17, 15) is 0 Å². The van der Waals surface area contributed by atoms with E-state index in [1.807, 2.05) is 42.3 Å². The Kier molecular flexibility index (Phi) is 2.91. The van der Waals surface area contributed by atoms with Crippen molar-refractivity contribution >= 4 is 33.4 Å². The van der Waals surface area contributed by atoms with E-state index in [2.05, 4.69) is 26.0 Å². The molecule has 0 atom stereocenters. The molecule has 2 heterocycles. The van der Waals surface area contributed by atoms with E-state index in [4.69, 9.17) is 5.26 Å². The van der Waals surface area contributed by atoms with Gasteiger partial charge in [0, 0.05) is 18.1 Å². The van der Waals surface area contributed by atoms with Gasteiger partial charge in [0.05, 0.1) is 34.5 Å². The van der Waals surface area contributed by atoms with E-state index in [0.29, 0.717) is 5.56 Å². The zero-order valence-corrected chi connectivity index (χ0v) is 12.4. The summed E-state index contributed by atoms with van der Waals surface area (Å²) in [6.07, 6.45) is 3.21. The summed E-state index contributed by atoms with van der Waals surface area (Å²) in [4.78, 5) is 18.0. The fourth-order valence-corrected chi connectivity index (χ4v) is 2.63. The minimum absolute atomic E-state index is 0.589. The van der Waals surface area contributed by atoms with Crippen LogP contribution < -0.4 is 4.90 Å². The minimum Gasteiger partial charge on any atom is -0.345 e. The van der Waals surface area contributed by atoms with Crippen molar-refractivity contribution in [1.82, 2.24) is 19.9 Å². The number of rotatable bonds is 2. The van der Waals surface area contributed by atoms with Gasteiger partial charge in [-0.1, -0.05) is 0 Å². The predicted octanol–water partition coefficient (Wildman–Crippen LogP) is 3.15. The molecule has 0 fully saturated rings. The number of H-pyrrole nitrogens is 1. The second-order valence-electron chi connectivity index (χ2n) is 5.20. The predicted molar refractivity (Wildman–Crippen MR) is 88.4 cm³/mol. The number of anilines is 2. The Balaban J connectivity index is 1.88. The van der Waals surface area contributed by atoms with Gasteiger partial charge in [0.25, 0.3) is 0 Å². The maximum absolute atomic E-state index is 9.12. The highest BCUT2D eigenvalue weighted by atomic mass is 15.2. The van der Waals surface area contributed by atoms with Gasteiger partial charge in [-0.05, 0) is 36.4 Å². The van der Waals surface area contributed by atoms with Crippen molar-refractivity contribution in [2.75, 3.05) is 11.9 Å². The third-order valence-electron chi connectivity index (χ3n) is 3.85. The molecule has 2 aromatic carbocycles. The Bertz CT molecular complexity index is 1060. The molecule has 0 bridgehead atoms. The normalized spacial score (nSPS) is 10.8. The number of hydrogen-bond acceptors (Lipinski definition) is 5. The minimum atomic E-state index is 0.589. The van der Waals surface area contributed by atoms with Crippen LogP contribution in [0.3, 0.4) is 0 Å². The lowest BCUT2D eigenvalue weighted by Gasteiger charge is -2.19. The highest BCUT2D eigenvalue weighted by molar-refractivity contribution is 5.93. The maximum atomic E-state index is 9.12. The van der Waals surface area contributed by atoms with Crippen molar-refractivity contribution in [2.45, 2.75) is 0 Å². The zero-order valence-electron chi connectivity index (χ0n) is 12.4. The second kappa shape index (κ2) is 5.07. The van der Waals surface area contributed by atoms with E-state index in [-0.39, 0.29) is 0 Å². The number of aromatic nitrogens is 4. The lowest BCUT2D eigenvalue weighted by Crippen LogP contribution is -2.12. The molecule has 6 nitrogen and oxygen atoms in total. The van der Waals surface area contributed by atoms with Crippen LogP contribution in [0.2, 0.25) is 0 Å². The van der Waals surface area contributed by atoms with Gasteiger partial charge in [0.15, 0.2) is 0 Å². The summed E-state index contributed by atoms with van der Waals surface area (Å²) in [6.45, 7) is 0. The summed E-state index contributed by atoms with van der Waals surface area (Å²) in [5, 5.41) is 9.97. The number of fused-ring (bicyclic) bond motifs is 2. The van der Waals surface area contributed by atoms with Crippen LogP contribution >= 0.6 is 0 Å². The van der Waals surface area contributed by atoms with E-state index < -0.39 is 0 Å². The molecule has 6 heteroatoms. The van der Waals surface area contributed by atoms with Gasteiger partial charge >= 0.3 is 0 Å². The first-order valence-electron chi connectivity index (χ1n) is 7.08. The zero-order chi connectivity index (χ0) is 15.8. The van der Waals surface area contributed by atoms with Crippen molar-refractivity contribution in [1.29, 1.82) is 5.26 Å². The first kappa shape index (κ1) is 13.2. The standard InChI is InChI=1S/C17H12N6/c1-23(12-3-5-15-16(7-12)21-9-20-15)17-13-6-11(8-18)2-4-14(13)19-10-22-17/h2-7,9-10H,1H3,(H,20,21). The molecule has 0 aliphatic heterocycles. The maximum Gasteiger partial charge on any atom is 0.144 e. The van der Waals surface area contributed by atoms with Crippen molar-refractivity contribution in [2.24, 2.45) is 0 Å². The summed E-state index contributed by atoms with van der Waals surface area (Å²) in [7, 11) is 1.94. The lowest BCUT2D eigenvalue weighted by molar-refractivity contribution is 1.11. The lowest BCUT2D eigenvalue weighted by atomic mass is 10.1. The molecule has 23 heavy (non-hydrogen) atoms. The molecule has 110 valence electrons. The van der Waals surface area contributed by atoms with Crippen LogP contribution in [0.5, 0.6) is 0 Å². The van der Waals surface area contributed by atoms with Crippen molar-refractivity contribution in [3.63, 3.8) is 0 Å². The Labute approximate surface area is 132 Å². The smallest absolute Gasteiger partial charge is 0.144 e. The Morgan fingerprint density at radius 2 is 1.91 bits per heavy atom. The molecular formula is C17H12N6. The SMILES string of the molecule is CN(c1ccc2nc[nH]c2c1)c1ncnc2ccc(C#N)cc12. The highest BCUT2D eigenvalue weighted by Gasteiger charge is 2.12. The largest absolute Gasteiger partial charge is 0.345 e. The van der Waals surface area contributed by atoms with Crippen LogP contribution in [-0.4, -0.2) is 27.0 Å². The van der Waals surface area contributed by atoms with Crippen LogP contribution in [0, 0.1) is 11.3 Å². The first-order chi connectivity index (χ1) is 11.3. The summed E-state index contributed by atoms with van der Waals surface area (Å²) < 4.78 is 0. The average Bonchev–Trinajstić information content (AvgIpc) is 3.07. The number of benzene rings is 2. The fraction of sp³-hybridized carbons (Fsp3) is 0.0588. The van der Waals surface area contributed by atoms with Crippen LogP contribution in [0.4, 0.5) is 11.5 Å². The Morgan fingerprint density at radius 1 is 1.04 bits per heavy atom. The van der Waals surface area contributed by atoms with Gasteiger partial charge in [0.2, 0.25) is 0 Å². The third kappa shape index (κ3) is 2.15. The van der Waals surface area contributed by atoms with Gasteiger partial charge in [-0.3, -0.25) is 0 Å². The van der Waals surface area contributed by atoms with Crippen LogP contribution in [-0.2, 0) is 0 Å². The van der Waals surface area contributed by atoms with Crippen LogP contribution in [0.15, 0.2) is 49.1 Å². The van der Waals surface area contributed by atoms with E-state index in [1.165, 1.54) is 6.33 Å². The molecule has 1 N–H and O–H groups in total. The number of hydrogen-bond donors (Lipinski definition) is 1. The molecule has 0 aliphatic carbocycles. The van der Waals surface area contributed by atoms with Crippen molar-refractivity contribution in [3.05, 3.63) is 54.6 Å². The number of aromatic amines is 1. The number of nitriles is 1. The Morgan fingerprint density at radius 3 is 2.78 bits per heavy atom. The second-order valence-corrected chi connectivity index (χ2v) is 5.20. The third-order valence-corrected chi connectivity index (χ3v) is 3.85. The van der Waals surface area contributed by atoms with E-state index in [0.717, 1.165) is 33.4 Å². The molecular weight excluding hydrogens is 288 g/mol. The van der Waals surface area contributed by atoms with Crippen molar-refractivity contribution < 1.29 is 0 Å². The van der Waals surface area contributed by atoms with Gasteiger partial charge in [-0.15, -0.1) is 0 Å².